The topological polar surface area (TPSA) is 73.3 Å². The van der Waals surface area contributed by atoms with Crippen molar-refractivity contribution in [3.05, 3.63) is 96.2 Å². The first-order valence-electron chi connectivity index (χ1n) is 10.3. The Morgan fingerprint density at radius 3 is 2.31 bits per heavy atom. The lowest BCUT2D eigenvalue weighted by Crippen LogP contribution is -2.11. The molecular formula is C26H23N3O3. The molecule has 1 amide bonds. The molecule has 32 heavy (non-hydrogen) atoms. The fourth-order valence-corrected chi connectivity index (χ4v) is 3.15. The van der Waals surface area contributed by atoms with Gasteiger partial charge in [-0.2, -0.15) is 4.98 Å². The summed E-state index contributed by atoms with van der Waals surface area (Å²) < 4.78 is 11.2. The lowest BCUT2D eigenvalue weighted by atomic mass is 10.1. The normalized spacial score (nSPS) is 10.4. The lowest BCUT2D eigenvalue weighted by Gasteiger charge is -2.10. The van der Waals surface area contributed by atoms with Gasteiger partial charge in [0.2, 0.25) is 5.88 Å². The molecule has 0 spiro atoms. The van der Waals surface area contributed by atoms with Crippen molar-refractivity contribution in [2.24, 2.45) is 0 Å². The molecule has 6 heteroatoms. The van der Waals surface area contributed by atoms with Crippen LogP contribution < -0.4 is 14.8 Å². The van der Waals surface area contributed by atoms with E-state index in [9.17, 15) is 4.79 Å². The minimum Gasteiger partial charge on any atom is -0.493 e. The number of ether oxygens (including phenoxy) is 2. The molecule has 0 radical (unpaired) electrons. The van der Waals surface area contributed by atoms with Crippen molar-refractivity contribution < 1.29 is 14.3 Å². The second kappa shape index (κ2) is 9.75. The number of carbonyl (C=O) groups is 1. The van der Waals surface area contributed by atoms with Gasteiger partial charge in [0.1, 0.15) is 0 Å². The largest absolute Gasteiger partial charge is 0.493 e. The van der Waals surface area contributed by atoms with E-state index in [1.54, 1.807) is 31.5 Å². The van der Waals surface area contributed by atoms with Gasteiger partial charge >= 0.3 is 0 Å². The maximum atomic E-state index is 12.6. The highest BCUT2D eigenvalue weighted by Gasteiger charge is 2.10. The number of carbonyl (C=O) groups excluding carboxylic acids is 1. The van der Waals surface area contributed by atoms with E-state index in [-0.39, 0.29) is 5.91 Å². The number of methoxy groups -OCH3 is 1. The van der Waals surface area contributed by atoms with E-state index in [1.165, 1.54) is 5.56 Å². The van der Waals surface area contributed by atoms with Crippen LogP contribution in [0.5, 0.6) is 17.4 Å². The Hall–Kier alpha value is -4.19. The molecule has 4 aromatic rings. The molecule has 6 nitrogen and oxygen atoms in total. The van der Waals surface area contributed by atoms with E-state index in [0.717, 1.165) is 17.7 Å². The van der Waals surface area contributed by atoms with Gasteiger partial charge in [0.25, 0.3) is 5.91 Å². The quantitative estimate of drug-likeness (QED) is 0.408. The maximum absolute atomic E-state index is 12.6. The highest BCUT2D eigenvalue weighted by molar-refractivity contribution is 6.04. The summed E-state index contributed by atoms with van der Waals surface area (Å²) in [7, 11) is 1.59. The summed E-state index contributed by atoms with van der Waals surface area (Å²) in [6, 6.07) is 24.0. The molecule has 0 aliphatic carbocycles. The second-order valence-corrected chi connectivity index (χ2v) is 7.05. The number of aromatic nitrogens is 2. The number of hydrogen-bond acceptors (Lipinski definition) is 5. The minimum atomic E-state index is -0.171. The van der Waals surface area contributed by atoms with Gasteiger partial charge in [0, 0.05) is 29.1 Å². The fraction of sp³-hybridized carbons (Fsp3) is 0.115. The van der Waals surface area contributed by atoms with Gasteiger partial charge in [-0.1, -0.05) is 43.3 Å². The van der Waals surface area contributed by atoms with Crippen LogP contribution >= 0.6 is 0 Å². The number of aryl methyl sites for hydroxylation is 1. The van der Waals surface area contributed by atoms with Gasteiger partial charge in [-0.15, -0.1) is 0 Å². The summed E-state index contributed by atoms with van der Waals surface area (Å²) in [4.78, 5) is 21.4. The Kier molecular flexibility index (Phi) is 6.41. The third-order valence-electron chi connectivity index (χ3n) is 4.94. The number of para-hydroxylation sites is 2. The summed E-state index contributed by atoms with van der Waals surface area (Å²) in [5, 5.41) is 2.91. The SMILES string of the molecule is CCc1ccc(NC(=O)c2ccc(-c3nccc(Oc4ccccc4OC)n3)cc2)cc1. The zero-order valence-electron chi connectivity index (χ0n) is 17.9. The van der Waals surface area contributed by atoms with Crippen LogP contribution in [0.15, 0.2) is 85.1 Å². The summed E-state index contributed by atoms with van der Waals surface area (Å²) in [5.74, 6) is 1.91. The first kappa shape index (κ1) is 21.1. The average molecular weight is 425 g/mol. The summed E-state index contributed by atoms with van der Waals surface area (Å²) in [5.41, 5.74) is 3.32. The molecule has 3 aromatic carbocycles. The summed E-state index contributed by atoms with van der Waals surface area (Å²) in [6.45, 7) is 2.10. The monoisotopic (exact) mass is 425 g/mol. The van der Waals surface area contributed by atoms with Crippen LogP contribution in [0.4, 0.5) is 5.69 Å². The van der Waals surface area contributed by atoms with Crippen molar-refractivity contribution in [1.29, 1.82) is 0 Å². The van der Waals surface area contributed by atoms with Crippen LogP contribution in [0.3, 0.4) is 0 Å². The van der Waals surface area contributed by atoms with E-state index in [1.807, 2.05) is 60.7 Å². The van der Waals surface area contributed by atoms with Crippen molar-refractivity contribution in [3.63, 3.8) is 0 Å². The van der Waals surface area contributed by atoms with Crippen molar-refractivity contribution >= 4 is 11.6 Å². The molecule has 160 valence electrons. The molecule has 0 aliphatic rings. The van der Waals surface area contributed by atoms with Gasteiger partial charge in [0.05, 0.1) is 7.11 Å². The van der Waals surface area contributed by atoms with Crippen LogP contribution in [-0.4, -0.2) is 23.0 Å². The molecular weight excluding hydrogens is 402 g/mol. The third-order valence-corrected chi connectivity index (χ3v) is 4.94. The molecule has 0 fully saturated rings. The Morgan fingerprint density at radius 1 is 0.906 bits per heavy atom. The van der Waals surface area contributed by atoms with Crippen molar-refractivity contribution in [2.45, 2.75) is 13.3 Å². The van der Waals surface area contributed by atoms with Gasteiger partial charge in [-0.25, -0.2) is 4.98 Å². The van der Waals surface area contributed by atoms with Crippen molar-refractivity contribution in [3.8, 4) is 28.8 Å². The van der Waals surface area contributed by atoms with E-state index in [2.05, 4.69) is 22.2 Å². The van der Waals surface area contributed by atoms with E-state index in [0.29, 0.717) is 28.8 Å². The molecule has 0 atom stereocenters. The number of hydrogen-bond donors (Lipinski definition) is 1. The Morgan fingerprint density at radius 2 is 1.62 bits per heavy atom. The summed E-state index contributed by atoms with van der Waals surface area (Å²) in [6.07, 6.45) is 2.59. The van der Waals surface area contributed by atoms with Crippen LogP contribution in [0.2, 0.25) is 0 Å². The fourth-order valence-electron chi connectivity index (χ4n) is 3.15. The molecule has 1 aromatic heterocycles. The van der Waals surface area contributed by atoms with E-state index < -0.39 is 0 Å². The number of nitrogens with zero attached hydrogens (tertiary/aromatic N) is 2. The molecule has 0 saturated carbocycles. The van der Waals surface area contributed by atoms with Crippen LogP contribution in [0, 0.1) is 0 Å². The standard InChI is InChI=1S/C26H23N3O3/c1-3-18-8-14-21(15-9-18)28-26(30)20-12-10-19(11-13-20)25-27-17-16-24(29-25)32-23-7-5-4-6-22(23)31-2/h4-17H,3H2,1-2H3,(H,28,30). The Labute approximate surface area is 186 Å². The number of amides is 1. The maximum Gasteiger partial charge on any atom is 0.255 e. The molecule has 0 bridgehead atoms. The van der Waals surface area contributed by atoms with E-state index >= 15 is 0 Å². The minimum absolute atomic E-state index is 0.171. The molecule has 1 N–H and O–H groups in total. The number of anilines is 1. The van der Waals surface area contributed by atoms with Crippen LogP contribution in [-0.2, 0) is 6.42 Å². The van der Waals surface area contributed by atoms with Crippen LogP contribution in [0.25, 0.3) is 11.4 Å². The summed E-state index contributed by atoms with van der Waals surface area (Å²) >= 11 is 0. The average Bonchev–Trinajstić information content (AvgIpc) is 2.85. The van der Waals surface area contributed by atoms with Gasteiger partial charge in [-0.3, -0.25) is 4.79 Å². The third kappa shape index (κ3) is 4.92. The predicted molar refractivity (Wildman–Crippen MR) is 124 cm³/mol. The molecule has 0 aliphatic heterocycles. The lowest BCUT2D eigenvalue weighted by molar-refractivity contribution is 0.102. The van der Waals surface area contributed by atoms with Crippen molar-refractivity contribution in [2.75, 3.05) is 12.4 Å². The van der Waals surface area contributed by atoms with Crippen molar-refractivity contribution in [1.82, 2.24) is 9.97 Å². The zero-order chi connectivity index (χ0) is 22.3. The Balaban J connectivity index is 1.47. The van der Waals surface area contributed by atoms with Gasteiger partial charge in [0.15, 0.2) is 17.3 Å². The van der Waals surface area contributed by atoms with Gasteiger partial charge in [-0.05, 0) is 48.4 Å². The van der Waals surface area contributed by atoms with E-state index in [4.69, 9.17) is 9.47 Å². The zero-order valence-corrected chi connectivity index (χ0v) is 17.9. The second-order valence-electron chi connectivity index (χ2n) is 7.05. The smallest absolute Gasteiger partial charge is 0.255 e. The highest BCUT2D eigenvalue weighted by Crippen LogP contribution is 2.30. The molecule has 0 unspecified atom stereocenters. The number of benzene rings is 3. The van der Waals surface area contributed by atoms with Gasteiger partial charge < -0.3 is 14.8 Å². The van der Waals surface area contributed by atoms with Crippen LogP contribution in [0.1, 0.15) is 22.8 Å². The Bertz CT molecular complexity index is 1210. The molecule has 4 rings (SSSR count). The first-order chi connectivity index (χ1) is 15.7. The molecule has 0 saturated heterocycles. The number of nitrogens with one attached hydrogen (secondary N) is 1. The molecule has 1 heterocycles. The highest BCUT2D eigenvalue weighted by atomic mass is 16.5. The predicted octanol–water partition coefficient (Wildman–Crippen LogP) is 5.76. The number of rotatable bonds is 7. The first-order valence-corrected chi connectivity index (χ1v) is 10.3.